The maximum atomic E-state index is 4.57. The molecule has 0 atom stereocenters. The Morgan fingerprint density at radius 3 is 2.62 bits per heavy atom. The second kappa shape index (κ2) is 6.65. The zero-order valence-corrected chi connectivity index (χ0v) is 14.2. The van der Waals surface area contributed by atoms with Crippen molar-refractivity contribution in [2.45, 2.75) is 6.92 Å². The fraction of sp³-hybridized carbons (Fsp3) is 0.214. The average molecular weight is 460 g/mol. The number of hydrogen-bond donors (Lipinski definition) is 0. The molecule has 0 spiro atoms. The summed E-state index contributed by atoms with van der Waals surface area (Å²) in [6.07, 6.45) is 3.10. The SMILES string of the molecule is CCN(C)c1[c-]c(-n2cncn2)nn1-c1ccccc1.[Ir]. The van der Waals surface area contributed by atoms with Gasteiger partial charge in [0.2, 0.25) is 0 Å². The molecule has 0 bridgehead atoms. The topological polar surface area (TPSA) is 51.8 Å². The Kier molecular flexibility index (Phi) is 4.88. The number of anilines is 1. The summed E-state index contributed by atoms with van der Waals surface area (Å²) in [5.74, 6) is 1.52. The number of nitrogens with zero attached hydrogens (tertiary/aromatic N) is 6. The van der Waals surface area contributed by atoms with Gasteiger partial charge in [-0.15, -0.1) is 0 Å². The van der Waals surface area contributed by atoms with E-state index in [9.17, 15) is 0 Å². The fourth-order valence-corrected chi connectivity index (χ4v) is 1.90. The third kappa shape index (κ3) is 3.04. The first kappa shape index (κ1) is 15.4. The van der Waals surface area contributed by atoms with Gasteiger partial charge in [-0.3, -0.25) is 4.68 Å². The van der Waals surface area contributed by atoms with Gasteiger partial charge in [-0.2, -0.15) is 10.2 Å². The first-order chi connectivity index (χ1) is 9.79. The van der Waals surface area contributed by atoms with Crippen LogP contribution in [0.3, 0.4) is 0 Å². The molecule has 1 aromatic carbocycles. The van der Waals surface area contributed by atoms with Gasteiger partial charge in [0.15, 0.2) is 0 Å². The van der Waals surface area contributed by atoms with Crippen LogP contribution in [0.1, 0.15) is 6.92 Å². The van der Waals surface area contributed by atoms with Crippen LogP contribution in [0.2, 0.25) is 0 Å². The smallest absolute Gasteiger partial charge is 0.138 e. The standard InChI is InChI=1S/C14H15N6.Ir/c1-3-18(2)14-9-13(19-11-15-10-16-19)17-20(14)12-7-5-4-6-8-12;/h4-8,10-11H,3H2,1-2H3;/q-1;. The minimum Gasteiger partial charge on any atom is -0.390 e. The van der Waals surface area contributed by atoms with Crippen LogP contribution >= 0.6 is 0 Å². The van der Waals surface area contributed by atoms with Gasteiger partial charge in [-0.1, -0.05) is 18.2 Å². The van der Waals surface area contributed by atoms with E-state index in [0.29, 0.717) is 5.82 Å². The summed E-state index contributed by atoms with van der Waals surface area (Å²) in [6, 6.07) is 13.3. The van der Waals surface area contributed by atoms with Crippen LogP contribution < -0.4 is 4.90 Å². The molecular weight excluding hydrogens is 444 g/mol. The monoisotopic (exact) mass is 460 g/mol. The van der Waals surface area contributed by atoms with Crippen LogP contribution in [-0.4, -0.2) is 38.1 Å². The van der Waals surface area contributed by atoms with E-state index < -0.39 is 0 Å². The Morgan fingerprint density at radius 2 is 2.00 bits per heavy atom. The largest absolute Gasteiger partial charge is 0.390 e. The van der Waals surface area contributed by atoms with Crippen molar-refractivity contribution in [3.05, 3.63) is 49.1 Å². The van der Waals surface area contributed by atoms with E-state index in [0.717, 1.165) is 18.1 Å². The number of benzene rings is 1. The summed E-state index contributed by atoms with van der Waals surface area (Å²) in [6.45, 7) is 2.96. The predicted octanol–water partition coefficient (Wildman–Crippen LogP) is 1.71. The summed E-state index contributed by atoms with van der Waals surface area (Å²) in [5, 5.41) is 8.67. The molecule has 3 aromatic rings. The quantitative estimate of drug-likeness (QED) is 0.558. The molecule has 21 heavy (non-hydrogen) atoms. The fourth-order valence-electron chi connectivity index (χ4n) is 1.90. The van der Waals surface area contributed by atoms with E-state index in [-0.39, 0.29) is 20.1 Å². The molecule has 0 saturated heterocycles. The van der Waals surface area contributed by atoms with Crippen molar-refractivity contribution >= 4 is 5.82 Å². The van der Waals surface area contributed by atoms with Gasteiger partial charge in [0.25, 0.3) is 0 Å². The van der Waals surface area contributed by atoms with E-state index in [1.807, 2.05) is 42.1 Å². The molecule has 0 unspecified atom stereocenters. The molecule has 2 aromatic heterocycles. The first-order valence-corrected chi connectivity index (χ1v) is 6.43. The van der Waals surface area contributed by atoms with Crippen molar-refractivity contribution < 1.29 is 20.1 Å². The summed E-state index contributed by atoms with van der Waals surface area (Å²) >= 11 is 0. The molecule has 0 aliphatic heterocycles. The molecule has 7 heteroatoms. The maximum Gasteiger partial charge on any atom is 0.138 e. The Labute approximate surface area is 136 Å². The summed E-state index contributed by atoms with van der Waals surface area (Å²) in [4.78, 5) is 6.03. The molecule has 1 radical (unpaired) electrons. The van der Waals surface area contributed by atoms with Crippen molar-refractivity contribution in [1.82, 2.24) is 24.5 Å². The van der Waals surface area contributed by atoms with Crippen LogP contribution in [0.4, 0.5) is 5.82 Å². The third-order valence-electron chi connectivity index (χ3n) is 3.09. The van der Waals surface area contributed by atoms with Crippen LogP contribution in [0.15, 0.2) is 43.0 Å². The molecule has 6 nitrogen and oxygen atoms in total. The van der Waals surface area contributed by atoms with E-state index in [4.69, 9.17) is 0 Å². The van der Waals surface area contributed by atoms with Gasteiger partial charge in [0.1, 0.15) is 12.7 Å². The molecule has 2 heterocycles. The van der Waals surface area contributed by atoms with E-state index >= 15 is 0 Å². The number of para-hydroxylation sites is 1. The third-order valence-corrected chi connectivity index (χ3v) is 3.09. The van der Waals surface area contributed by atoms with Gasteiger partial charge in [0.05, 0.1) is 5.69 Å². The summed E-state index contributed by atoms with van der Waals surface area (Å²) in [7, 11) is 2.01. The minimum absolute atomic E-state index is 0. The van der Waals surface area contributed by atoms with Crippen molar-refractivity contribution in [2.75, 3.05) is 18.5 Å². The second-order valence-electron chi connectivity index (χ2n) is 4.37. The van der Waals surface area contributed by atoms with Gasteiger partial charge >= 0.3 is 0 Å². The minimum atomic E-state index is 0. The zero-order valence-electron chi connectivity index (χ0n) is 11.8. The van der Waals surface area contributed by atoms with Gasteiger partial charge in [0, 0.05) is 39.5 Å². The molecule has 0 amide bonds. The molecular formula is C14H15IrN6-. The van der Waals surface area contributed by atoms with Gasteiger partial charge in [-0.05, 0) is 24.9 Å². The summed E-state index contributed by atoms with van der Waals surface area (Å²) < 4.78 is 3.47. The van der Waals surface area contributed by atoms with Crippen molar-refractivity contribution in [2.24, 2.45) is 0 Å². The van der Waals surface area contributed by atoms with Crippen molar-refractivity contribution in [3.63, 3.8) is 0 Å². The average Bonchev–Trinajstić information content (AvgIpc) is 3.16. The molecule has 0 saturated carbocycles. The zero-order chi connectivity index (χ0) is 13.9. The Balaban J connectivity index is 0.00000161. The molecule has 0 aliphatic carbocycles. The van der Waals surface area contributed by atoms with Crippen LogP contribution in [0.25, 0.3) is 11.5 Å². The summed E-state index contributed by atoms with van der Waals surface area (Å²) in [5.41, 5.74) is 0.991. The maximum absolute atomic E-state index is 4.57. The van der Waals surface area contributed by atoms with E-state index in [1.54, 1.807) is 11.0 Å². The van der Waals surface area contributed by atoms with Crippen molar-refractivity contribution in [3.8, 4) is 11.5 Å². The van der Waals surface area contributed by atoms with E-state index in [2.05, 4.69) is 33.1 Å². The molecule has 0 aliphatic rings. The number of aromatic nitrogens is 5. The van der Waals surface area contributed by atoms with Gasteiger partial charge < -0.3 is 11.0 Å². The Morgan fingerprint density at radius 1 is 1.24 bits per heavy atom. The van der Waals surface area contributed by atoms with Gasteiger partial charge in [-0.25, -0.2) is 9.67 Å². The Bertz CT molecular complexity index is 677. The first-order valence-electron chi connectivity index (χ1n) is 6.43. The Hall–Kier alpha value is -1.98. The van der Waals surface area contributed by atoms with Crippen LogP contribution in [-0.2, 0) is 20.1 Å². The van der Waals surface area contributed by atoms with Crippen molar-refractivity contribution in [1.29, 1.82) is 0 Å². The van der Waals surface area contributed by atoms with E-state index in [1.165, 1.54) is 6.33 Å². The second-order valence-corrected chi connectivity index (χ2v) is 4.37. The predicted molar refractivity (Wildman–Crippen MR) is 76.3 cm³/mol. The number of hydrogen-bond acceptors (Lipinski definition) is 4. The number of rotatable bonds is 4. The molecule has 111 valence electrons. The van der Waals surface area contributed by atoms with Crippen LogP contribution in [0, 0.1) is 6.07 Å². The normalized spacial score (nSPS) is 10.2. The molecule has 3 rings (SSSR count). The molecule has 0 N–H and O–H groups in total. The molecule has 0 fully saturated rings. The van der Waals surface area contributed by atoms with Crippen LogP contribution in [0.5, 0.6) is 0 Å².